The van der Waals surface area contributed by atoms with Crippen LogP contribution in [0.15, 0.2) is 24.3 Å². The monoisotopic (exact) mass is 346 g/mol. The molecule has 2 saturated heterocycles. The molecule has 24 heavy (non-hydrogen) atoms. The van der Waals surface area contributed by atoms with Gasteiger partial charge in [-0.25, -0.2) is 0 Å². The Bertz CT molecular complexity index is 647. The lowest BCUT2D eigenvalue weighted by Gasteiger charge is -2.40. The summed E-state index contributed by atoms with van der Waals surface area (Å²) < 4.78 is 6.40. The highest BCUT2D eigenvalue weighted by atomic mass is 32.2. The van der Waals surface area contributed by atoms with Crippen molar-refractivity contribution in [3.8, 4) is 17.6 Å². The number of rotatable bonds is 4. The van der Waals surface area contributed by atoms with Crippen molar-refractivity contribution in [1.29, 1.82) is 0 Å². The molecule has 1 N–H and O–H groups in total. The van der Waals surface area contributed by atoms with E-state index < -0.39 is 0 Å². The third-order valence-electron chi connectivity index (χ3n) is 4.63. The van der Waals surface area contributed by atoms with E-state index in [1.54, 1.807) is 18.9 Å². The molecule has 0 aromatic heterocycles. The third kappa shape index (κ3) is 3.69. The van der Waals surface area contributed by atoms with Gasteiger partial charge in [0, 0.05) is 19.2 Å². The molecule has 3 rings (SSSR count). The first kappa shape index (κ1) is 17.2. The van der Waals surface area contributed by atoms with Gasteiger partial charge in [-0.15, -0.1) is 11.8 Å². The molecule has 0 spiro atoms. The number of thioether (sulfide) groups is 1. The van der Waals surface area contributed by atoms with Gasteiger partial charge in [-0.3, -0.25) is 9.28 Å². The molecule has 128 valence electrons. The maximum atomic E-state index is 11.6. The highest BCUT2D eigenvalue weighted by molar-refractivity contribution is 8.00. The fraction of sp³-hybridized carbons (Fsp3) is 0.500. The predicted octanol–water partition coefficient (Wildman–Crippen LogP) is 1.14. The number of methoxy groups -OCH3 is 1. The first-order chi connectivity index (χ1) is 11.7. The lowest BCUT2D eigenvalue weighted by atomic mass is 10.1. The minimum Gasteiger partial charge on any atom is -0.491 e. The van der Waals surface area contributed by atoms with Crippen LogP contribution < -0.4 is 14.5 Å². The average molecular weight is 346 g/mol. The quantitative estimate of drug-likeness (QED) is 0.656. The van der Waals surface area contributed by atoms with Gasteiger partial charge < -0.3 is 15.0 Å². The van der Waals surface area contributed by atoms with Gasteiger partial charge in [0.1, 0.15) is 6.54 Å². The molecule has 0 radical (unpaired) electrons. The Kier molecular flexibility index (Phi) is 5.67. The molecule has 1 amide bonds. The van der Waals surface area contributed by atoms with E-state index in [1.807, 2.05) is 17.0 Å². The largest absolute Gasteiger partial charge is 0.491 e. The van der Waals surface area contributed by atoms with Gasteiger partial charge >= 0.3 is 0 Å². The number of benzene rings is 1. The zero-order valence-electron chi connectivity index (χ0n) is 14.1. The van der Waals surface area contributed by atoms with Crippen molar-refractivity contribution in [3.05, 3.63) is 24.3 Å². The molecule has 0 saturated carbocycles. The summed E-state index contributed by atoms with van der Waals surface area (Å²) in [6, 6.07) is 8.23. The second-order valence-corrected chi connectivity index (χ2v) is 7.05. The summed E-state index contributed by atoms with van der Waals surface area (Å²) >= 11 is 1.66. The van der Waals surface area contributed by atoms with E-state index in [1.165, 1.54) is 5.69 Å². The number of ether oxygens (including phenoxy) is 1. The zero-order chi connectivity index (χ0) is 16.8. The van der Waals surface area contributed by atoms with Crippen molar-refractivity contribution >= 4 is 23.4 Å². The van der Waals surface area contributed by atoms with Crippen LogP contribution in [0, 0.1) is 11.8 Å². The van der Waals surface area contributed by atoms with E-state index >= 15 is 0 Å². The molecule has 0 bridgehead atoms. The van der Waals surface area contributed by atoms with Crippen LogP contribution in [-0.2, 0) is 4.79 Å². The number of nitrogens with one attached hydrogen (secondary N) is 1. The van der Waals surface area contributed by atoms with Crippen molar-refractivity contribution < 1.29 is 9.53 Å². The highest BCUT2D eigenvalue weighted by Gasteiger charge is 2.34. The third-order valence-corrected chi connectivity index (χ3v) is 5.58. The van der Waals surface area contributed by atoms with E-state index in [9.17, 15) is 4.79 Å². The highest BCUT2D eigenvalue weighted by Crippen LogP contribution is 2.33. The molecule has 0 atom stereocenters. The van der Waals surface area contributed by atoms with Gasteiger partial charge in [0.2, 0.25) is 5.91 Å². The molecule has 2 aliphatic rings. The van der Waals surface area contributed by atoms with Gasteiger partial charge in [0.15, 0.2) is 11.4 Å². The first-order valence-electron chi connectivity index (χ1n) is 8.27. The minimum atomic E-state index is 0.199. The Morgan fingerprint density at radius 3 is 2.79 bits per heavy atom. The first-order valence-corrected chi connectivity index (χ1v) is 9.42. The predicted molar refractivity (Wildman–Crippen MR) is 99.1 cm³/mol. The molecule has 0 aliphatic carbocycles. The van der Waals surface area contributed by atoms with E-state index in [-0.39, 0.29) is 5.91 Å². The Morgan fingerprint density at radius 1 is 1.29 bits per heavy atom. The second kappa shape index (κ2) is 7.93. The van der Waals surface area contributed by atoms with Crippen LogP contribution in [0.25, 0.3) is 0 Å². The summed E-state index contributed by atoms with van der Waals surface area (Å²) in [6.45, 7) is 5.22. The number of nitrogens with zero attached hydrogens (tertiary/aromatic N) is 2. The van der Waals surface area contributed by atoms with E-state index in [0.717, 1.165) is 48.8 Å². The van der Waals surface area contributed by atoms with Crippen molar-refractivity contribution in [2.24, 2.45) is 0 Å². The summed E-state index contributed by atoms with van der Waals surface area (Å²) in [5.41, 5.74) is 1.20. The minimum absolute atomic E-state index is 0.199. The lowest BCUT2D eigenvalue weighted by molar-refractivity contribution is -0.126. The number of quaternary nitrogens is 1. The van der Waals surface area contributed by atoms with Gasteiger partial charge in [-0.05, 0) is 12.0 Å². The Hall–Kier alpha value is -1.68. The molecular weight excluding hydrogens is 322 g/mol. The molecule has 2 fully saturated rings. The Balaban J connectivity index is 1.76. The molecular formula is C18H24N3O2S+. The molecule has 6 heteroatoms. The van der Waals surface area contributed by atoms with E-state index in [0.29, 0.717) is 12.3 Å². The van der Waals surface area contributed by atoms with Crippen LogP contribution in [0.2, 0.25) is 0 Å². The number of carbonyl (C=O) groups excluding carboxylic acids is 1. The number of hydrogen-bond donors (Lipinski definition) is 1. The SMILES string of the molecule is COc1ccccc1[N+]1(CC#CCN2CSCC2=O)CCNCC1. The van der Waals surface area contributed by atoms with E-state index in [2.05, 4.69) is 29.3 Å². The van der Waals surface area contributed by atoms with Crippen molar-refractivity contribution in [2.75, 3.05) is 58.0 Å². The molecule has 2 heterocycles. The van der Waals surface area contributed by atoms with Gasteiger partial charge in [-0.1, -0.05) is 18.1 Å². The normalized spacial score (nSPS) is 19.7. The van der Waals surface area contributed by atoms with Crippen LogP contribution in [0.4, 0.5) is 5.69 Å². The van der Waals surface area contributed by atoms with Crippen LogP contribution >= 0.6 is 11.8 Å². The second-order valence-electron chi connectivity index (χ2n) is 6.10. The van der Waals surface area contributed by atoms with Gasteiger partial charge in [0.25, 0.3) is 0 Å². The summed E-state index contributed by atoms with van der Waals surface area (Å²) in [5.74, 6) is 9.01. The zero-order valence-corrected chi connectivity index (χ0v) is 14.9. The number of amides is 1. The topological polar surface area (TPSA) is 41.6 Å². The lowest BCUT2D eigenvalue weighted by Crippen LogP contribution is -2.60. The van der Waals surface area contributed by atoms with Crippen LogP contribution in [0.3, 0.4) is 0 Å². The Morgan fingerprint density at radius 2 is 2.08 bits per heavy atom. The molecule has 2 aliphatic heterocycles. The van der Waals surface area contributed by atoms with E-state index in [4.69, 9.17) is 4.74 Å². The molecule has 0 unspecified atom stereocenters. The fourth-order valence-corrected chi connectivity index (χ4v) is 4.13. The summed E-state index contributed by atoms with van der Waals surface area (Å²) in [6.07, 6.45) is 0. The van der Waals surface area contributed by atoms with Crippen molar-refractivity contribution in [3.63, 3.8) is 0 Å². The number of carbonyl (C=O) groups is 1. The number of piperazine rings is 1. The standard InChI is InChI=1S/C18H24N3O2S/c1-23-17-7-3-2-6-16(17)21(12-8-19-9-13-21)11-5-4-10-20-15-24-14-18(20)22/h2-3,6-7,19H,8-15H2,1H3/q+1. The van der Waals surface area contributed by atoms with Crippen LogP contribution in [-0.4, -0.2) is 68.8 Å². The molecule has 5 nitrogen and oxygen atoms in total. The summed E-state index contributed by atoms with van der Waals surface area (Å²) in [4.78, 5) is 13.5. The number of para-hydroxylation sites is 2. The van der Waals surface area contributed by atoms with Gasteiger partial charge in [-0.2, -0.15) is 0 Å². The van der Waals surface area contributed by atoms with Crippen LogP contribution in [0.1, 0.15) is 0 Å². The smallest absolute Gasteiger partial charge is 0.234 e. The van der Waals surface area contributed by atoms with Crippen molar-refractivity contribution in [1.82, 2.24) is 14.7 Å². The summed E-state index contributed by atoms with van der Waals surface area (Å²) in [7, 11) is 1.72. The maximum Gasteiger partial charge on any atom is 0.234 e. The average Bonchev–Trinajstić information content (AvgIpc) is 3.04. The Labute approximate surface area is 147 Å². The fourth-order valence-electron chi connectivity index (χ4n) is 3.23. The maximum absolute atomic E-state index is 11.6. The molecule has 1 aromatic rings. The van der Waals surface area contributed by atoms with Gasteiger partial charge in [0.05, 0.1) is 38.4 Å². The summed E-state index contributed by atoms with van der Waals surface area (Å²) in [5, 5.41) is 3.43. The molecule has 1 aromatic carbocycles. The van der Waals surface area contributed by atoms with Crippen molar-refractivity contribution in [2.45, 2.75) is 0 Å². The van der Waals surface area contributed by atoms with Crippen LogP contribution in [0.5, 0.6) is 5.75 Å². The number of hydrogen-bond acceptors (Lipinski definition) is 4.